The maximum absolute atomic E-state index is 3.45. The number of piperazine rings is 1. The molecule has 0 saturated carbocycles. The van der Waals surface area contributed by atoms with Crippen LogP contribution < -0.4 is 10.2 Å². The number of anilines is 1. The largest absolute Gasteiger partial charge is 0.369 e. The molecule has 1 N–H and O–H groups in total. The number of rotatable bonds is 3. The molecule has 2 heterocycles. The number of fused-ring (bicyclic) bond motifs is 1. The lowest BCUT2D eigenvalue weighted by molar-refractivity contribution is 0.275. The van der Waals surface area contributed by atoms with Crippen molar-refractivity contribution < 1.29 is 0 Å². The van der Waals surface area contributed by atoms with Crippen LogP contribution in [0.3, 0.4) is 0 Å². The van der Waals surface area contributed by atoms with Crippen LogP contribution in [0.1, 0.15) is 22.3 Å². The Morgan fingerprint density at radius 3 is 2.52 bits per heavy atom. The van der Waals surface area contributed by atoms with Crippen molar-refractivity contribution in [2.75, 3.05) is 31.1 Å². The number of nitrogens with one attached hydrogen (secondary N) is 1. The number of aryl methyl sites for hydroxylation is 1. The van der Waals surface area contributed by atoms with Crippen LogP contribution in [0.5, 0.6) is 0 Å². The molecule has 0 aliphatic carbocycles. The lowest BCUT2D eigenvalue weighted by atomic mass is 10.1. The predicted octanol–water partition coefficient (Wildman–Crippen LogP) is 2.92. The first-order valence-corrected chi connectivity index (χ1v) is 8.64. The highest BCUT2D eigenvalue weighted by Crippen LogP contribution is 2.32. The molecule has 0 spiro atoms. The third-order valence-corrected chi connectivity index (χ3v) is 5.01. The summed E-state index contributed by atoms with van der Waals surface area (Å²) >= 11 is 0. The van der Waals surface area contributed by atoms with Gasteiger partial charge in [0.1, 0.15) is 0 Å². The molecule has 0 atom stereocenters. The molecular weight excluding hydrogens is 282 g/mol. The SMILES string of the molecule is Cc1ccc(CN2Cc3cccc(N4CCNCC4)c3C2)cc1. The molecule has 0 amide bonds. The normalized spacial score (nSPS) is 18.2. The molecule has 0 radical (unpaired) electrons. The summed E-state index contributed by atoms with van der Waals surface area (Å²) in [4.78, 5) is 5.10. The Balaban J connectivity index is 1.51. The van der Waals surface area contributed by atoms with Crippen LogP contribution in [-0.2, 0) is 19.6 Å². The molecule has 2 aliphatic heterocycles. The first-order chi connectivity index (χ1) is 11.3. The Bertz CT molecular complexity index is 672. The van der Waals surface area contributed by atoms with E-state index in [0.717, 1.165) is 45.8 Å². The standard InChI is InChI=1S/C20H25N3/c1-16-5-7-17(8-6-16)13-22-14-18-3-2-4-20(19(18)15-22)23-11-9-21-10-12-23/h2-8,21H,9-15H2,1H3. The van der Waals surface area contributed by atoms with Crippen molar-refractivity contribution in [2.45, 2.75) is 26.6 Å². The highest BCUT2D eigenvalue weighted by atomic mass is 15.2. The quantitative estimate of drug-likeness (QED) is 0.940. The van der Waals surface area contributed by atoms with E-state index in [4.69, 9.17) is 0 Å². The van der Waals surface area contributed by atoms with Crippen LogP contribution in [0.2, 0.25) is 0 Å². The van der Waals surface area contributed by atoms with Crippen LogP contribution in [0.4, 0.5) is 5.69 Å². The van der Waals surface area contributed by atoms with Crippen LogP contribution >= 0.6 is 0 Å². The van der Waals surface area contributed by atoms with E-state index < -0.39 is 0 Å². The molecule has 2 aromatic rings. The zero-order chi connectivity index (χ0) is 15.6. The second-order valence-corrected chi connectivity index (χ2v) is 6.78. The van der Waals surface area contributed by atoms with Gasteiger partial charge < -0.3 is 10.2 Å². The van der Waals surface area contributed by atoms with Crippen LogP contribution in [-0.4, -0.2) is 31.1 Å². The van der Waals surface area contributed by atoms with Crippen LogP contribution in [0.15, 0.2) is 42.5 Å². The minimum atomic E-state index is 1.04. The van der Waals surface area contributed by atoms with Crippen molar-refractivity contribution in [3.05, 3.63) is 64.7 Å². The molecule has 2 aromatic carbocycles. The van der Waals surface area contributed by atoms with E-state index in [1.807, 2.05) is 0 Å². The Hall–Kier alpha value is -1.84. The van der Waals surface area contributed by atoms with Gasteiger partial charge in [0.05, 0.1) is 0 Å². The predicted molar refractivity (Wildman–Crippen MR) is 95.7 cm³/mol. The number of nitrogens with zero attached hydrogens (tertiary/aromatic N) is 2. The topological polar surface area (TPSA) is 18.5 Å². The second kappa shape index (κ2) is 6.34. The van der Waals surface area contributed by atoms with E-state index in [9.17, 15) is 0 Å². The highest BCUT2D eigenvalue weighted by molar-refractivity contribution is 5.58. The molecule has 0 bridgehead atoms. The van der Waals surface area contributed by atoms with Crippen LogP contribution in [0.25, 0.3) is 0 Å². The first-order valence-electron chi connectivity index (χ1n) is 8.64. The van der Waals surface area contributed by atoms with E-state index in [-0.39, 0.29) is 0 Å². The third-order valence-electron chi connectivity index (χ3n) is 5.01. The van der Waals surface area contributed by atoms with Crippen molar-refractivity contribution in [1.29, 1.82) is 0 Å². The molecule has 1 fully saturated rings. The molecule has 3 heteroatoms. The fraction of sp³-hybridized carbons (Fsp3) is 0.400. The lowest BCUT2D eigenvalue weighted by Crippen LogP contribution is -2.43. The number of benzene rings is 2. The van der Waals surface area contributed by atoms with Gasteiger partial charge in [0.15, 0.2) is 0 Å². The third kappa shape index (κ3) is 3.12. The summed E-state index contributed by atoms with van der Waals surface area (Å²) in [5, 5.41) is 3.45. The van der Waals surface area contributed by atoms with Gasteiger partial charge in [-0.1, -0.05) is 42.0 Å². The van der Waals surface area contributed by atoms with E-state index in [2.05, 4.69) is 64.5 Å². The maximum atomic E-state index is 3.45. The smallest absolute Gasteiger partial charge is 0.0416 e. The molecule has 2 aliphatic rings. The molecule has 0 unspecified atom stereocenters. The van der Waals surface area contributed by atoms with Crippen molar-refractivity contribution in [1.82, 2.24) is 10.2 Å². The summed E-state index contributed by atoms with van der Waals surface area (Å²) < 4.78 is 0. The average molecular weight is 307 g/mol. The van der Waals surface area contributed by atoms with E-state index in [0.29, 0.717) is 0 Å². The van der Waals surface area contributed by atoms with E-state index in [1.165, 1.54) is 22.4 Å². The monoisotopic (exact) mass is 307 g/mol. The summed E-state index contributed by atoms with van der Waals surface area (Å²) in [5.74, 6) is 0. The molecule has 120 valence electrons. The van der Waals surface area contributed by atoms with Gasteiger partial charge in [0, 0.05) is 51.5 Å². The Kier molecular flexibility index (Phi) is 4.06. The summed E-state index contributed by atoms with van der Waals surface area (Å²) in [6.45, 7) is 9.76. The maximum Gasteiger partial charge on any atom is 0.0416 e. The summed E-state index contributed by atoms with van der Waals surface area (Å²) in [7, 11) is 0. The first kappa shape index (κ1) is 14.7. The van der Waals surface area contributed by atoms with Crippen molar-refractivity contribution >= 4 is 5.69 Å². The zero-order valence-corrected chi connectivity index (χ0v) is 13.9. The van der Waals surface area contributed by atoms with Crippen molar-refractivity contribution in [3.8, 4) is 0 Å². The minimum Gasteiger partial charge on any atom is -0.369 e. The van der Waals surface area contributed by atoms with E-state index in [1.54, 1.807) is 5.56 Å². The average Bonchev–Trinajstić information content (AvgIpc) is 3.00. The van der Waals surface area contributed by atoms with Crippen molar-refractivity contribution in [3.63, 3.8) is 0 Å². The molecule has 0 aromatic heterocycles. The van der Waals surface area contributed by atoms with Gasteiger partial charge >= 0.3 is 0 Å². The fourth-order valence-electron chi connectivity index (χ4n) is 3.74. The van der Waals surface area contributed by atoms with Gasteiger partial charge in [-0.05, 0) is 29.7 Å². The second-order valence-electron chi connectivity index (χ2n) is 6.78. The Morgan fingerprint density at radius 1 is 0.957 bits per heavy atom. The minimum absolute atomic E-state index is 1.04. The molecule has 1 saturated heterocycles. The molecule has 4 rings (SSSR count). The molecule has 3 nitrogen and oxygen atoms in total. The lowest BCUT2D eigenvalue weighted by Gasteiger charge is -2.31. The summed E-state index contributed by atoms with van der Waals surface area (Å²) in [5.41, 5.74) is 7.25. The van der Waals surface area contributed by atoms with Crippen molar-refractivity contribution in [2.24, 2.45) is 0 Å². The summed E-state index contributed by atoms with van der Waals surface area (Å²) in [6.07, 6.45) is 0. The van der Waals surface area contributed by atoms with Gasteiger partial charge in [-0.25, -0.2) is 0 Å². The molecule has 23 heavy (non-hydrogen) atoms. The van der Waals surface area contributed by atoms with Gasteiger partial charge in [0.2, 0.25) is 0 Å². The molecular formula is C20H25N3. The zero-order valence-electron chi connectivity index (χ0n) is 13.9. The van der Waals surface area contributed by atoms with Gasteiger partial charge in [-0.2, -0.15) is 0 Å². The van der Waals surface area contributed by atoms with Gasteiger partial charge in [-0.15, -0.1) is 0 Å². The number of hydrogen-bond donors (Lipinski definition) is 1. The summed E-state index contributed by atoms with van der Waals surface area (Å²) in [6, 6.07) is 15.8. The van der Waals surface area contributed by atoms with Gasteiger partial charge in [-0.3, -0.25) is 4.90 Å². The number of hydrogen-bond acceptors (Lipinski definition) is 3. The highest BCUT2D eigenvalue weighted by Gasteiger charge is 2.24. The Morgan fingerprint density at radius 2 is 1.74 bits per heavy atom. The van der Waals surface area contributed by atoms with Gasteiger partial charge in [0.25, 0.3) is 0 Å². The fourth-order valence-corrected chi connectivity index (χ4v) is 3.74. The van der Waals surface area contributed by atoms with E-state index >= 15 is 0 Å². The Labute approximate surface area is 138 Å². The van der Waals surface area contributed by atoms with Crippen LogP contribution in [0, 0.1) is 6.92 Å².